The Morgan fingerprint density at radius 2 is 1.83 bits per heavy atom. The largest absolute Gasteiger partial charge is 0.485 e. The number of pyridine rings is 2. The fraction of sp³-hybridized carbons (Fsp3) is 0.250. The first kappa shape index (κ1) is 24.3. The van der Waals surface area contributed by atoms with Gasteiger partial charge in [0.25, 0.3) is 0 Å². The Labute approximate surface area is 211 Å². The first-order valence-corrected chi connectivity index (χ1v) is 11.8. The van der Waals surface area contributed by atoms with Gasteiger partial charge in [0.15, 0.2) is 11.6 Å². The van der Waals surface area contributed by atoms with Gasteiger partial charge in [-0.1, -0.05) is 22.0 Å². The van der Waals surface area contributed by atoms with Gasteiger partial charge < -0.3 is 24.6 Å². The van der Waals surface area contributed by atoms with Crippen LogP contribution in [0.4, 0.5) is 26.9 Å². The van der Waals surface area contributed by atoms with Crippen LogP contribution in [0.1, 0.15) is 5.56 Å². The number of ether oxygens (including phenoxy) is 2. The molecule has 3 aromatic rings. The number of aromatic nitrogens is 2. The lowest BCUT2D eigenvalue weighted by Crippen LogP contribution is -2.50. The summed E-state index contributed by atoms with van der Waals surface area (Å²) >= 11 is 3.42. The van der Waals surface area contributed by atoms with Crippen LogP contribution in [0, 0.1) is 0 Å². The third-order valence-electron chi connectivity index (χ3n) is 5.33. The Morgan fingerprint density at radius 3 is 2.60 bits per heavy atom. The smallest absolute Gasteiger partial charge is 0.412 e. The van der Waals surface area contributed by atoms with Crippen LogP contribution >= 0.6 is 15.9 Å². The van der Waals surface area contributed by atoms with Crippen LogP contribution < -0.4 is 20.3 Å². The number of urea groups is 1. The fourth-order valence-electron chi connectivity index (χ4n) is 3.57. The minimum atomic E-state index is -0.588. The molecule has 1 aliphatic rings. The van der Waals surface area contributed by atoms with Crippen molar-refractivity contribution < 1.29 is 19.1 Å². The number of amides is 3. The second-order valence-electron chi connectivity index (χ2n) is 7.69. The molecule has 3 amide bonds. The Morgan fingerprint density at radius 1 is 1.00 bits per heavy atom. The molecular weight excluding hydrogens is 516 g/mol. The predicted molar refractivity (Wildman–Crippen MR) is 136 cm³/mol. The number of methoxy groups -OCH3 is 1. The molecule has 2 aromatic heterocycles. The molecule has 11 heteroatoms. The molecule has 3 heterocycles. The fourth-order valence-corrected chi connectivity index (χ4v) is 3.97. The van der Waals surface area contributed by atoms with Gasteiger partial charge in [-0.25, -0.2) is 19.6 Å². The summed E-state index contributed by atoms with van der Waals surface area (Å²) in [5.74, 6) is 1.74. The van der Waals surface area contributed by atoms with Gasteiger partial charge in [0.2, 0.25) is 0 Å². The van der Waals surface area contributed by atoms with Gasteiger partial charge in [0.05, 0.1) is 7.11 Å². The Kier molecular flexibility index (Phi) is 7.99. The maximum Gasteiger partial charge on any atom is 0.412 e. The normalized spacial score (nSPS) is 13.2. The Balaban J connectivity index is 1.34. The van der Waals surface area contributed by atoms with Gasteiger partial charge in [-0.3, -0.25) is 5.32 Å². The number of hydrogen-bond donors (Lipinski definition) is 2. The number of nitrogens with zero attached hydrogens (tertiary/aromatic N) is 4. The van der Waals surface area contributed by atoms with E-state index in [-0.39, 0.29) is 12.6 Å². The summed E-state index contributed by atoms with van der Waals surface area (Å²) in [6.07, 6.45) is 2.72. The van der Waals surface area contributed by atoms with Crippen LogP contribution in [-0.4, -0.2) is 60.3 Å². The van der Waals surface area contributed by atoms with Gasteiger partial charge in [-0.15, -0.1) is 0 Å². The van der Waals surface area contributed by atoms with E-state index in [1.54, 1.807) is 29.4 Å². The molecule has 0 radical (unpaired) electrons. The molecular formula is C24H25BrN6O4. The van der Waals surface area contributed by atoms with Crippen molar-refractivity contribution in [1.29, 1.82) is 0 Å². The molecule has 0 unspecified atom stereocenters. The molecule has 2 N–H and O–H groups in total. The summed E-state index contributed by atoms with van der Waals surface area (Å²) < 4.78 is 11.6. The molecule has 0 atom stereocenters. The van der Waals surface area contributed by atoms with Crippen molar-refractivity contribution in [2.75, 3.05) is 48.8 Å². The summed E-state index contributed by atoms with van der Waals surface area (Å²) in [7, 11) is 1.29. The zero-order valence-corrected chi connectivity index (χ0v) is 20.7. The Bertz CT molecular complexity index is 1190. The second-order valence-corrected chi connectivity index (χ2v) is 8.61. The lowest BCUT2D eigenvalue weighted by molar-refractivity contribution is 0.186. The number of halogens is 1. The minimum Gasteiger partial charge on any atom is -0.485 e. The average molecular weight is 541 g/mol. The molecule has 0 aliphatic carbocycles. The van der Waals surface area contributed by atoms with Crippen molar-refractivity contribution in [1.82, 2.24) is 14.9 Å². The molecule has 1 aromatic carbocycles. The van der Waals surface area contributed by atoms with Crippen LogP contribution in [0.15, 0.2) is 65.4 Å². The standard InChI is InChI=1S/C24H25BrN6O4/c1-34-24(33)29-21-14-17(7-9-26-21)16-35-20-6-3-8-27-22(20)30-10-12-31(13-11-30)23(32)28-19-5-2-4-18(25)15-19/h2-9,14-15H,10-13,16H2,1H3,(H,28,32)(H,26,29,33). The first-order chi connectivity index (χ1) is 17.0. The highest BCUT2D eigenvalue weighted by Crippen LogP contribution is 2.27. The molecule has 0 bridgehead atoms. The highest BCUT2D eigenvalue weighted by Gasteiger charge is 2.24. The van der Waals surface area contributed by atoms with Crippen molar-refractivity contribution in [2.24, 2.45) is 0 Å². The molecule has 182 valence electrons. The number of benzene rings is 1. The average Bonchev–Trinajstić information content (AvgIpc) is 2.88. The molecule has 10 nitrogen and oxygen atoms in total. The van der Waals surface area contributed by atoms with Crippen LogP contribution in [0.3, 0.4) is 0 Å². The molecule has 1 fully saturated rings. The molecule has 0 saturated carbocycles. The summed E-state index contributed by atoms with van der Waals surface area (Å²) in [6, 6.07) is 14.6. The van der Waals surface area contributed by atoms with Gasteiger partial charge in [0.1, 0.15) is 12.4 Å². The number of carbonyl (C=O) groups is 2. The lowest BCUT2D eigenvalue weighted by atomic mass is 10.2. The summed E-state index contributed by atoms with van der Waals surface area (Å²) in [4.78, 5) is 36.6. The van der Waals surface area contributed by atoms with Crippen LogP contribution in [0.5, 0.6) is 5.75 Å². The number of hydrogen-bond acceptors (Lipinski definition) is 7. The molecule has 1 aliphatic heterocycles. The summed E-state index contributed by atoms with van der Waals surface area (Å²) in [6.45, 7) is 2.64. The zero-order valence-electron chi connectivity index (χ0n) is 19.1. The first-order valence-electron chi connectivity index (χ1n) is 11.0. The number of carbonyl (C=O) groups excluding carboxylic acids is 2. The molecule has 0 spiro atoms. The zero-order chi connectivity index (χ0) is 24.6. The Hall–Kier alpha value is -3.86. The van der Waals surface area contributed by atoms with Crippen molar-refractivity contribution in [3.05, 3.63) is 71.0 Å². The van der Waals surface area contributed by atoms with E-state index in [2.05, 4.69) is 46.2 Å². The van der Waals surface area contributed by atoms with Crippen LogP contribution in [-0.2, 0) is 11.3 Å². The minimum absolute atomic E-state index is 0.130. The van der Waals surface area contributed by atoms with E-state index < -0.39 is 6.09 Å². The van der Waals surface area contributed by atoms with Crippen molar-refractivity contribution in [3.63, 3.8) is 0 Å². The van der Waals surface area contributed by atoms with Gasteiger partial charge >= 0.3 is 12.1 Å². The van der Waals surface area contributed by atoms with Gasteiger partial charge in [0, 0.05) is 48.7 Å². The summed E-state index contributed by atoms with van der Waals surface area (Å²) in [5.41, 5.74) is 1.57. The number of piperazine rings is 1. The molecule has 1 saturated heterocycles. The highest BCUT2D eigenvalue weighted by atomic mass is 79.9. The number of rotatable bonds is 6. The van der Waals surface area contributed by atoms with E-state index in [9.17, 15) is 9.59 Å². The van der Waals surface area contributed by atoms with Crippen molar-refractivity contribution in [2.45, 2.75) is 6.61 Å². The maximum absolute atomic E-state index is 12.7. The van der Waals surface area contributed by atoms with E-state index in [1.165, 1.54) is 7.11 Å². The van der Waals surface area contributed by atoms with Crippen LogP contribution in [0.25, 0.3) is 0 Å². The van der Waals surface area contributed by atoms with E-state index >= 15 is 0 Å². The maximum atomic E-state index is 12.7. The van der Waals surface area contributed by atoms with Crippen LogP contribution in [0.2, 0.25) is 0 Å². The molecule has 35 heavy (non-hydrogen) atoms. The van der Waals surface area contributed by atoms with E-state index in [1.807, 2.05) is 36.4 Å². The SMILES string of the molecule is COC(=O)Nc1cc(COc2cccnc2N2CCN(C(=O)Nc3cccc(Br)c3)CC2)ccn1. The monoisotopic (exact) mass is 540 g/mol. The lowest BCUT2D eigenvalue weighted by Gasteiger charge is -2.35. The summed E-state index contributed by atoms with van der Waals surface area (Å²) in [5, 5.41) is 5.47. The second kappa shape index (κ2) is 11.5. The van der Waals surface area contributed by atoms with Crippen molar-refractivity contribution >= 4 is 45.4 Å². The number of nitrogens with one attached hydrogen (secondary N) is 2. The van der Waals surface area contributed by atoms with E-state index in [0.29, 0.717) is 37.7 Å². The van der Waals surface area contributed by atoms with E-state index in [4.69, 9.17) is 4.74 Å². The third-order valence-corrected chi connectivity index (χ3v) is 5.82. The van der Waals surface area contributed by atoms with Crippen molar-refractivity contribution in [3.8, 4) is 5.75 Å². The topological polar surface area (TPSA) is 109 Å². The van der Waals surface area contributed by atoms with Gasteiger partial charge in [-0.05, 0) is 48.0 Å². The van der Waals surface area contributed by atoms with Gasteiger partial charge in [-0.2, -0.15) is 0 Å². The number of anilines is 3. The third kappa shape index (κ3) is 6.60. The van der Waals surface area contributed by atoms with E-state index in [0.717, 1.165) is 21.5 Å². The predicted octanol–water partition coefficient (Wildman–Crippen LogP) is 4.35. The highest BCUT2D eigenvalue weighted by molar-refractivity contribution is 9.10. The molecule has 4 rings (SSSR count). The quantitative estimate of drug-likeness (QED) is 0.478.